The Hall–Kier alpha value is -4.77. The van der Waals surface area contributed by atoms with Crippen molar-refractivity contribution in [3.63, 3.8) is 0 Å². The largest absolute Gasteiger partial charge is 0.378 e. The molecule has 226 valence electrons. The molecular weight excluding hydrogens is 615 g/mol. The Morgan fingerprint density at radius 3 is 2.42 bits per heavy atom. The van der Waals surface area contributed by atoms with Gasteiger partial charge in [-0.1, -0.05) is 54.1 Å². The SMILES string of the molecule is O=C(c1ccc(-c2cnc3[nH]c4ccc(NS(=O)(=O)c5ccc(F)c(Cl)c5)cc4c3c2-c2ccccc2)cc1)N1CCOCC1. The van der Waals surface area contributed by atoms with Crippen molar-refractivity contribution in [1.82, 2.24) is 14.9 Å². The number of rotatable bonds is 6. The summed E-state index contributed by atoms with van der Waals surface area (Å²) in [5.41, 5.74) is 5.91. The number of halogens is 2. The van der Waals surface area contributed by atoms with Crippen molar-refractivity contribution in [1.29, 1.82) is 0 Å². The second kappa shape index (κ2) is 11.6. The smallest absolute Gasteiger partial charge is 0.261 e. The summed E-state index contributed by atoms with van der Waals surface area (Å²) >= 11 is 5.85. The molecule has 7 rings (SSSR count). The number of aromatic amines is 1. The summed E-state index contributed by atoms with van der Waals surface area (Å²) in [4.78, 5) is 22.8. The van der Waals surface area contributed by atoms with Crippen LogP contribution in [-0.4, -0.2) is 55.5 Å². The van der Waals surface area contributed by atoms with Gasteiger partial charge in [-0.3, -0.25) is 9.52 Å². The molecule has 1 amide bonds. The number of aromatic nitrogens is 2. The van der Waals surface area contributed by atoms with Crippen LogP contribution in [0.3, 0.4) is 0 Å². The highest BCUT2D eigenvalue weighted by atomic mass is 35.5. The highest BCUT2D eigenvalue weighted by Crippen LogP contribution is 2.41. The molecule has 0 atom stereocenters. The average Bonchev–Trinajstić information content (AvgIpc) is 3.44. The molecule has 6 aromatic rings. The van der Waals surface area contributed by atoms with E-state index in [9.17, 15) is 17.6 Å². The normalized spacial score (nSPS) is 13.8. The van der Waals surface area contributed by atoms with Gasteiger partial charge in [0.15, 0.2) is 0 Å². The number of amides is 1. The molecule has 8 nitrogen and oxygen atoms in total. The predicted octanol–water partition coefficient (Wildman–Crippen LogP) is 7.12. The Labute approximate surface area is 263 Å². The third kappa shape index (κ3) is 5.52. The van der Waals surface area contributed by atoms with Crippen molar-refractivity contribution in [3.05, 3.63) is 114 Å². The first-order valence-electron chi connectivity index (χ1n) is 14.2. The van der Waals surface area contributed by atoms with Gasteiger partial charge in [0.1, 0.15) is 11.5 Å². The Balaban J connectivity index is 1.33. The summed E-state index contributed by atoms with van der Waals surface area (Å²) in [6, 6.07) is 25.8. The number of carbonyl (C=O) groups excluding carboxylic acids is 1. The van der Waals surface area contributed by atoms with Gasteiger partial charge in [-0.2, -0.15) is 0 Å². The predicted molar refractivity (Wildman–Crippen MR) is 173 cm³/mol. The Morgan fingerprint density at radius 2 is 1.69 bits per heavy atom. The summed E-state index contributed by atoms with van der Waals surface area (Å²) in [7, 11) is -4.06. The number of benzene rings is 4. The maximum Gasteiger partial charge on any atom is 0.261 e. The number of carbonyl (C=O) groups is 1. The fourth-order valence-electron chi connectivity index (χ4n) is 5.64. The van der Waals surface area contributed by atoms with Crippen LogP contribution in [0.2, 0.25) is 5.02 Å². The number of sulfonamides is 1. The van der Waals surface area contributed by atoms with Gasteiger partial charge in [0.2, 0.25) is 0 Å². The van der Waals surface area contributed by atoms with E-state index >= 15 is 0 Å². The van der Waals surface area contributed by atoms with Crippen LogP contribution < -0.4 is 4.72 Å². The van der Waals surface area contributed by atoms with Crippen LogP contribution >= 0.6 is 11.6 Å². The number of pyridine rings is 1. The van der Waals surface area contributed by atoms with Crippen LogP contribution in [0.5, 0.6) is 0 Å². The number of anilines is 1. The number of fused-ring (bicyclic) bond motifs is 3. The molecule has 2 N–H and O–H groups in total. The standard InChI is InChI=1S/C34H26ClFN4O4S/c35-28-19-25(11-12-29(28)36)45(42,43)39-24-10-13-30-26(18-24)32-31(22-4-2-1-3-5-22)27(20-37-33(32)38-30)21-6-8-23(9-7-21)34(41)40-14-16-44-17-15-40/h1-13,18-20,39H,14-17H2,(H,37,38). The minimum atomic E-state index is -4.06. The summed E-state index contributed by atoms with van der Waals surface area (Å²) in [5.74, 6) is -0.734. The molecule has 0 bridgehead atoms. The molecule has 2 aromatic heterocycles. The quantitative estimate of drug-likeness (QED) is 0.202. The molecule has 0 spiro atoms. The molecule has 0 unspecified atom stereocenters. The van der Waals surface area contributed by atoms with E-state index in [4.69, 9.17) is 21.3 Å². The number of ether oxygens (including phenoxy) is 1. The van der Waals surface area contributed by atoms with E-state index < -0.39 is 15.8 Å². The van der Waals surface area contributed by atoms with Gasteiger partial charge < -0.3 is 14.6 Å². The topological polar surface area (TPSA) is 104 Å². The van der Waals surface area contributed by atoms with Crippen molar-refractivity contribution >= 4 is 55.2 Å². The van der Waals surface area contributed by atoms with Gasteiger partial charge in [-0.25, -0.2) is 17.8 Å². The van der Waals surface area contributed by atoms with Crippen LogP contribution in [-0.2, 0) is 14.8 Å². The van der Waals surface area contributed by atoms with E-state index in [0.717, 1.165) is 56.7 Å². The zero-order valence-electron chi connectivity index (χ0n) is 23.8. The van der Waals surface area contributed by atoms with Crippen molar-refractivity contribution in [2.45, 2.75) is 4.90 Å². The molecule has 0 aliphatic carbocycles. The van der Waals surface area contributed by atoms with E-state index in [0.29, 0.717) is 43.2 Å². The minimum Gasteiger partial charge on any atom is -0.378 e. The molecule has 1 aliphatic heterocycles. The number of hydrogen-bond donors (Lipinski definition) is 2. The lowest BCUT2D eigenvalue weighted by Crippen LogP contribution is -2.40. The first-order valence-corrected chi connectivity index (χ1v) is 16.1. The number of nitrogens with one attached hydrogen (secondary N) is 2. The van der Waals surface area contributed by atoms with E-state index in [2.05, 4.69) is 9.71 Å². The number of nitrogens with zero attached hydrogens (tertiary/aromatic N) is 2. The van der Waals surface area contributed by atoms with Gasteiger partial charge in [0.05, 0.1) is 23.1 Å². The second-order valence-corrected chi connectivity index (χ2v) is 12.8. The van der Waals surface area contributed by atoms with Gasteiger partial charge >= 0.3 is 0 Å². The first kappa shape index (κ1) is 29.0. The van der Waals surface area contributed by atoms with Gasteiger partial charge in [0, 0.05) is 58.0 Å². The zero-order valence-corrected chi connectivity index (χ0v) is 25.3. The monoisotopic (exact) mass is 640 g/mol. The molecule has 1 fully saturated rings. The third-order valence-corrected chi connectivity index (χ3v) is 9.55. The van der Waals surface area contributed by atoms with Gasteiger partial charge in [-0.15, -0.1) is 0 Å². The lowest BCUT2D eigenvalue weighted by atomic mass is 9.92. The Morgan fingerprint density at radius 1 is 0.933 bits per heavy atom. The highest BCUT2D eigenvalue weighted by molar-refractivity contribution is 7.92. The lowest BCUT2D eigenvalue weighted by Gasteiger charge is -2.26. The summed E-state index contributed by atoms with van der Waals surface area (Å²) < 4.78 is 48.0. The maximum atomic E-state index is 13.7. The fraction of sp³-hybridized carbons (Fsp3) is 0.118. The lowest BCUT2D eigenvalue weighted by molar-refractivity contribution is 0.0303. The molecule has 1 aliphatic rings. The minimum absolute atomic E-state index is 0.0313. The van der Waals surface area contributed by atoms with Crippen molar-refractivity contribution in [2.75, 3.05) is 31.0 Å². The number of hydrogen-bond acceptors (Lipinski definition) is 5. The fourth-order valence-corrected chi connectivity index (χ4v) is 6.96. The van der Waals surface area contributed by atoms with Crippen LogP contribution in [0.15, 0.2) is 102 Å². The molecule has 4 aromatic carbocycles. The molecule has 0 radical (unpaired) electrons. The van der Waals surface area contributed by atoms with Gasteiger partial charge in [0.25, 0.3) is 15.9 Å². The van der Waals surface area contributed by atoms with E-state index in [1.165, 1.54) is 0 Å². The second-order valence-electron chi connectivity index (χ2n) is 10.7. The molecule has 45 heavy (non-hydrogen) atoms. The average molecular weight is 641 g/mol. The summed E-state index contributed by atoms with van der Waals surface area (Å²) in [6.07, 6.45) is 1.81. The molecule has 0 saturated carbocycles. The first-order chi connectivity index (χ1) is 21.8. The van der Waals surface area contributed by atoms with Crippen LogP contribution in [0.1, 0.15) is 10.4 Å². The molecular formula is C34H26ClFN4O4S. The third-order valence-electron chi connectivity index (χ3n) is 7.88. The van der Waals surface area contributed by atoms with Crippen LogP contribution in [0, 0.1) is 5.82 Å². The Bertz CT molecular complexity index is 2180. The van der Waals surface area contributed by atoms with Crippen molar-refractivity contribution in [3.8, 4) is 22.3 Å². The van der Waals surface area contributed by atoms with Crippen molar-refractivity contribution < 1.29 is 22.3 Å². The molecule has 3 heterocycles. The maximum absolute atomic E-state index is 13.7. The van der Waals surface area contributed by atoms with E-state index in [-0.39, 0.29) is 15.8 Å². The van der Waals surface area contributed by atoms with Crippen molar-refractivity contribution in [2.24, 2.45) is 0 Å². The van der Waals surface area contributed by atoms with Crippen LogP contribution in [0.4, 0.5) is 10.1 Å². The number of H-pyrrole nitrogens is 1. The highest BCUT2D eigenvalue weighted by Gasteiger charge is 2.22. The Kier molecular flexibility index (Phi) is 7.48. The van der Waals surface area contributed by atoms with Crippen LogP contribution in [0.25, 0.3) is 44.2 Å². The summed E-state index contributed by atoms with van der Waals surface area (Å²) in [6.45, 7) is 2.19. The van der Waals surface area contributed by atoms with E-state index in [1.54, 1.807) is 29.3 Å². The van der Waals surface area contributed by atoms with Gasteiger partial charge in [-0.05, 0) is 59.7 Å². The summed E-state index contributed by atoms with van der Waals surface area (Å²) in [5, 5.41) is 1.29. The molecule has 1 saturated heterocycles. The molecule has 11 heteroatoms. The number of morpholine rings is 1. The zero-order chi connectivity index (χ0) is 31.1. The van der Waals surface area contributed by atoms with E-state index in [1.807, 2.05) is 54.6 Å².